The number of halogens is 2. The topological polar surface area (TPSA) is 29.1 Å². The van der Waals surface area contributed by atoms with Crippen LogP contribution in [0.4, 0.5) is 10.1 Å². The molecule has 0 aliphatic carbocycles. The number of anilines is 1. The number of nitrogens with one attached hydrogen (secondary N) is 1. The lowest BCUT2D eigenvalue weighted by Crippen LogP contribution is -2.14. The summed E-state index contributed by atoms with van der Waals surface area (Å²) < 4.78 is 13.7. The predicted octanol–water partition coefficient (Wildman–Crippen LogP) is 5.46. The number of para-hydroxylation sites is 1. The second-order valence-electron chi connectivity index (χ2n) is 4.67. The van der Waals surface area contributed by atoms with Crippen LogP contribution in [0.3, 0.4) is 0 Å². The Kier molecular flexibility index (Phi) is 7.27. The minimum absolute atomic E-state index is 0.105. The lowest BCUT2D eigenvalue weighted by Gasteiger charge is -2.10. The molecule has 0 aromatic heterocycles. The Labute approximate surface area is 149 Å². The van der Waals surface area contributed by atoms with E-state index in [1.54, 1.807) is 23.9 Å². The van der Waals surface area contributed by atoms with Gasteiger partial charge < -0.3 is 5.32 Å². The fraction of sp³-hybridized carbons (Fsp3) is 0.235. The Morgan fingerprint density at radius 2 is 2.00 bits per heavy atom. The van der Waals surface area contributed by atoms with Crippen molar-refractivity contribution in [3.8, 4) is 0 Å². The average molecular weight is 370 g/mol. The SMILES string of the molecule is CCSc1ccccc1NC(=O)CSCc1c(F)cccc1Cl. The van der Waals surface area contributed by atoms with Crippen LogP contribution in [0.5, 0.6) is 0 Å². The predicted molar refractivity (Wildman–Crippen MR) is 99.0 cm³/mol. The number of carbonyl (C=O) groups excluding carboxylic acids is 1. The molecule has 0 aliphatic rings. The maximum atomic E-state index is 13.7. The van der Waals surface area contributed by atoms with E-state index in [0.29, 0.717) is 16.3 Å². The summed E-state index contributed by atoms with van der Waals surface area (Å²) in [7, 11) is 0. The summed E-state index contributed by atoms with van der Waals surface area (Å²) in [5, 5.41) is 3.29. The minimum Gasteiger partial charge on any atom is -0.324 e. The summed E-state index contributed by atoms with van der Waals surface area (Å²) in [5.74, 6) is 1.11. The van der Waals surface area contributed by atoms with Crippen LogP contribution in [-0.2, 0) is 10.5 Å². The van der Waals surface area contributed by atoms with E-state index >= 15 is 0 Å². The summed E-state index contributed by atoms with van der Waals surface area (Å²) in [5.41, 5.74) is 1.25. The molecule has 1 amide bonds. The first-order chi connectivity index (χ1) is 11.1. The van der Waals surface area contributed by atoms with Crippen molar-refractivity contribution < 1.29 is 9.18 Å². The van der Waals surface area contributed by atoms with Gasteiger partial charge >= 0.3 is 0 Å². The first-order valence-electron chi connectivity index (χ1n) is 7.14. The molecule has 2 rings (SSSR count). The molecule has 0 saturated carbocycles. The van der Waals surface area contributed by atoms with Crippen LogP contribution in [-0.4, -0.2) is 17.4 Å². The van der Waals surface area contributed by atoms with Crippen molar-refractivity contribution in [3.63, 3.8) is 0 Å². The van der Waals surface area contributed by atoms with Crippen LogP contribution in [0.15, 0.2) is 47.4 Å². The summed E-state index contributed by atoms with van der Waals surface area (Å²) in [6.07, 6.45) is 0. The molecular weight excluding hydrogens is 353 g/mol. The molecule has 23 heavy (non-hydrogen) atoms. The summed E-state index contributed by atoms with van der Waals surface area (Å²) in [4.78, 5) is 13.1. The van der Waals surface area contributed by atoms with Crippen LogP contribution in [0.25, 0.3) is 0 Å². The monoisotopic (exact) mass is 369 g/mol. The first kappa shape index (κ1) is 18.2. The van der Waals surface area contributed by atoms with Gasteiger partial charge in [0.05, 0.1) is 11.4 Å². The standard InChI is InChI=1S/C17H17ClFNOS2/c1-2-23-16-9-4-3-8-15(16)20-17(21)11-22-10-12-13(18)6-5-7-14(12)19/h3-9H,2,10-11H2,1H3,(H,20,21). The van der Waals surface area contributed by atoms with E-state index in [2.05, 4.69) is 12.2 Å². The molecule has 0 aliphatic heterocycles. The Hall–Kier alpha value is -1.17. The number of rotatable bonds is 7. The molecule has 122 valence electrons. The maximum Gasteiger partial charge on any atom is 0.234 e. The van der Waals surface area contributed by atoms with Gasteiger partial charge in [0.2, 0.25) is 5.91 Å². The number of amides is 1. The normalized spacial score (nSPS) is 10.6. The molecule has 0 atom stereocenters. The van der Waals surface area contributed by atoms with Crippen molar-refractivity contribution in [3.05, 3.63) is 58.9 Å². The molecule has 2 nitrogen and oxygen atoms in total. The molecule has 2 aromatic rings. The molecule has 0 spiro atoms. The van der Waals surface area contributed by atoms with Crippen molar-refractivity contribution >= 4 is 46.7 Å². The van der Waals surface area contributed by atoms with Gasteiger partial charge in [0, 0.05) is 21.2 Å². The molecule has 6 heteroatoms. The van der Waals surface area contributed by atoms with Gasteiger partial charge in [0.15, 0.2) is 0 Å². The minimum atomic E-state index is -0.338. The largest absolute Gasteiger partial charge is 0.324 e. The van der Waals surface area contributed by atoms with Gasteiger partial charge in [-0.05, 0) is 30.0 Å². The fourth-order valence-corrected chi connectivity index (χ4v) is 3.88. The van der Waals surface area contributed by atoms with Crippen LogP contribution >= 0.6 is 35.1 Å². The van der Waals surface area contributed by atoms with Crippen molar-refractivity contribution in [1.82, 2.24) is 0 Å². The molecule has 0 radical (unpaired) electrons. The van der Waals surface area contributed by atoms with E-state index in [9.17, 15) is 9.18 Å². The Balaban J connectivity index is 1.89. The Bertz CT molecular complexity index is 661. The summed E-state index contributed by atoms with van der Waals surface area (Å²) in [6.45, 7) is 2.07. The van der Waals surface area contributed by atoms with E-state index in [0.717, 1.165) is 16.3 Å². The third kappa shape index (κ3) is 5.44. The zero-order valence-corrected chi connectivity index (χ0v) is 15.0. The lowest BCUT2D eigenvalue weighted by molar-refractivity contribution is -0.113. The maximum absolute atomic E-state index is 13.7. The fourth-order valence-electron chi connectivity index (χ4n) is 1.95. The van der Waals surface area contributed by atoms with Crippen LogP contribution in [0.1, 0.15) is 12.5 Å². The third-order valence-electron chi connectivity index (χ3n) is 3.00. The second-order valence-corrected chi connectivity index (χ2v) is 7.37. The van der Waals surface area contributed by atoms with Gasteiger partial charge in [-0.25, -0.2) is 4.39 Å². The highest BCUT2D eigenvalue weighted by molar-refractivity contribution is 7.99. The third-order valence-corrected chi connectivity index (χ3v) is 5.27. The molecule has 0 saturated heterocycles. The smallest absolute Gasteiger partial charge is 0.234 e. The zero-order chi connectivity index (χ0) is 16.7. The van der Waals surface area contributed by atoms with E-state index in [1.807, 2.05) is 24.3 Å². The van der Waals surface area contributed by atoms with Crippen LogP contribution in [0, 0.1) is 5.82 Å². The van der Waals surface area contributed by atoms with Gasteiger partial charge in [-0.3, -0.25) is 4.79 Å². The number of hydrogen-bond donors (Lipinski definition) is 1. The van der Waals surface area contributed by atoms with Crippen LogP contribution < -0.4 is 5.32 Å². The van der Waals surface area contributed by atoms with Gasteiger partial charge in [-0.2, -0.15) is 0 Å². The highest BCUT2D eigenvalue weighted by Gasteiger charge is 2.10. The van der Waals surface area contributed by atoms with Crippen molar-refractivity contribution in [1.29, 1.82) is 0 Å². The Morgan fingerprint density at radius 3 is 2.74 bits per heavy atom. The van der Waals surface area contributed by atoms with Crippen molar-refractivity contribution in [2.24, 2.45) is 0 Å². The number of carbonyl (C=O) groups is 1. The zero-order valence-electron chi connectivity index (χ0n) is 12.6. The van der Waals surface area contributed by atoms with Crippen LogP contribution in [0.2, 0.25) is 5.02 Å². The summed E-state index contributed by atoms with van der Waals surface area (Å²) >= 11 is 8.99. The van der Waals surface area contributed by atoms with Gasteiger partial charge in [-0.1, -0.05) is 36.7 Å². The number of hydrogen-bond acceptors (Lipinski definition) is 3. The molecule has 0 fully saturated rings. The quantitative estimate of drug-likeness (QED) is 0.657. The van der Waals surface area contributed by atoms with E-state index in [1.165, 1.54) is 17.8 Å². The van der Waals surface area contributed by atoms with Gasteiger partial charge in [0.25, 0.3) is 0 Å². The number of benzene rings is 2. The van der Waals surface area contributed by atoms with Gasteiger partial charge in [0.1, 0.15) is 5.82 Å². The summed E-state index contributed by atoms with van der Waals surface area (Å²) in [6, 6.07) is 12.3. The van der Waals surface area contributed by atoms with Crippen molar-refractivity contribution in [2.45, 2.75) is 17.6 Å². The molecule has 2 aromatic carbocycles. The van der Waals surface area contributed by atoms with Crippen molar-refractivity contribution in [2.75, 3.05) is 16.8 Å². The molecule has 0 heterocycles. The first-order valence-corrected chi connectivity index (χ1v) is 9.66. The number of thioether (sulfide) groups is 2. The second kappa shape index (κ2) is 9.21. The molecule has 0 bridgehead atoms. The molecule has 0 unspecified atom stereocenters. The van der Waals surface area contributed by atoms with E-state index in [-0.39, 0.29) is 17.5 Å². The lowest BCUT2D eigenvalue weighted by atomic mass is 10.2. The van der Waals surface area contributed by atoms with Gasteiger partial charge in [-0.15, -0.1) is 23.5 Å². The highest BCUT2D eigenvalue weighted by atomic mass is 35.5. The Morgan fingerprint density at radius 1 is 1.22 bits per heavy atom. The van der Waals surface area contributed by atoms with E-state index in [4.69, 9.17) is 11.6 Å². The van der Waals surface area contributed by atoms with E-state index < -0.39 is 0 Å². The highest BCUT2D eigenvalue weighted by Crippen LogP contribution is 2.27. The molecular formula is C17H17ClFNOS2. The molecule has 1 N–H and O–H groups in total. The average Bonchev–Trinajstić information content (AvgIpc) is 2.52.